The summed E-state index contributed by atoms with van der Waals surface area (Å²) in [6.45, 7) is 7.96. The van der Waals surface area contributed by atoms with E-state index in [1.54, 1.807) is 6.08 Å². The molecule has 1 nitrogen and oxygen atoms in total. The predicted molar refractivity (Wildman–Crippen MR) is 35.6 cm³/mol. The zero-order chi connectivity index (χ0) is 6.57. The lowest BCUT2D eigenvalue weighted by Crippen LogP contribution is -2.09. The summed E-state index contributed by atoms with van der Waals surface area (Å²) in [5.74, 6) is 0.785. The molecule has 0 aromatic carbocycles. The van der Waals surface area contributed by atoms with Gasteiger partial charge >= 0.3 is 0 Å². The zero-order valence-electron chi connectivity index (χ0n) is 5.59. The molecule has 0 spiro atoms. The third kappa shape index (κ3) is 2.12. The summed E-state index contributed by atoms with van der Waals surface area (Å²) in [7, 11) is 0. The van der Waals surface area contributed by atoms with Gasteiger partial charge in [-0.15, -0.1) is 6.58 Å². The van der Waals surface area contributed by atoms with Crippen LogP contribution in [0.2, 0.25) is 0 Å². The highest BCUT2D eigenvalue weighted by Crippen LogP contribution is 2.09. The SMILES string of the molecule is C=C[C@@H](CO)C(C)C. The molecule has 0 saturated carbocycles. The fourth-order valence-corrected chi connectivity index (χ4v) is 0.558. The van der Waals surface area contributed by atoms with Crippen molar-refractivity contribution in [3.63, 3.8) is 0 Å². The fraction of sp³-hybridized carbons (Fsp3) is 0.714. The van der Waals surface area contributed by atoms with Crippen LogP contribution >= 0.6 is 0 Å². The van der Waals surface area contributed by atoms with Gasteiger partial charge in [-0.25, -0.2) is 0 Å². The highest BCUT2D eigenvalue weighted by atomic mass is 16.3. The molecule has 0 radical (unpaired) electrons. The molecule has 0 aliphatic rings. The molecule has 0 fully saturated rings. The second-order valence-electron chi connectivity index (χ2n) is 2.33. The van der Waals surface area contributed by atoms with Gasteiger partial charge in [0.25, 0.3) is 0 Å². The van der Waals surface area contributed by atoms with E-state index in [9.17, 15) is 0 Å². The van der Waals surface area contributed by atoms with Crippen molar-refractivity contribution >= 4 is 0 Å². The van der Waals surface area contributed by atoms with Crippen molar-refractivity contribution in [1.82, 2.24) is 0 Å². The average molecular weight is 114 g/mol. The Labute approximate surface area is 51.0 Å². The molecule has 0 aliphatic heterocycles. The lowest BCUT2D eigenvalue weighted by Gasteiger charge is -2.11. The van der Waals surface area contributed by atoms with E-state index in [1.165, 1.54) is 0 Å². The van der Waals surface area contributed by atoms with Crippen LogP contribution in [0.4, 0.5) is 0 Å². The molecule has 0 heterocycles. The van der Waals surface area contributed by atoms with E-state index in [-0.39, 0.29) is 12.5 Å². The predicted octanol–water partition coefficient (Wildman–Crippen LogP) is 1.44. The standard InChI is InChI=1S/C7H14O/c1-4-7(5-8)6(2)3/h4,6-8H,1,5H2,2-3H3/t7-/m0/s1. The maximum atomic E-state index is 8.63. The van der Waals surface area contributed by atoms with Crippen LogP contribution < -0.4 is 0 Å². The first kappa shape index (κ1) is 7.70. The smallest absolute Gasteiger partial charge is 0.0496 e. The van der Waals surface area contributed by atoms with E-state index in [2.05, 4.69) is 20.4 Å². The third-order valence-corrected chi connectivity index (χ3v) is 1.37. The van der Waals surface area contributed by atoms with Gasteiger partial charge < -0.3 is 5.11 Å². The van der Waals surface area contributed by atoms with Crippen molar-refractivity contribution in [2.45, 2.75) is 13.8 Å². The Morgan fingerprint density at radius 3 is 2.12 bits per heavy atom. The molecule has 0 aliphatic carbocycles. The van der Waals surface area contributed by atoms with E-state index in [1.807, 2.05) is 0 Å². The summed E-state index contributed by atoms with van der Waals surface area (Å²) in [6.07, 6.45) is 1.80. The molecule has 1 N–H and O–H groups in total. The summed E-state index contributed by atoms with van der Waals surface area (Å²) in [6, 6.07) is 0. The van der Waals surface area contributed by atoms with Crippen LogP contribution in [0.1, 0.15) is 13.8 Å². The van der Waals surface area contributed by atoms with Gasteiger partial charge in [0.15, 0.2) is 0 Å². The van der Waals surface area contributed by atoms with Gasteiger partial charge in [-0.05, 0) is 5.92 Å². The topological polar surface area (TPSA) is 20.2 Å². The molecule has 48 valence electrons. The minimum Gasteiger partial charge on any atom is -0.396 e. The summed E-state index contributed by atoms with van der Waals surface area (Å²) in [5, 5.41) is 8.63. The highest BCUT2D eigenvalue weighted by Gasteiger charge is 2.05. The average Bonchev–Trinajstić information content (AvgIpc) is 1.69. The first-order chi connectivity index (χ1) is 3.72. The maximum absolute atomic E-state index is 8.63. The Balaban J connectivity index is 3.51. The normalized spacial score (nSPS) is 14.0. The van der Waals surface area contributed by atoms with Gasteiger partial charge in [0.2, 0.25) is 0 Å². The lowest BCUT2D eigenvalue weighted by molar-refractivity contribution is 0.222. The Bertz CT molecular complexity index is 66.8. The first-order valence-corrected chi connectivity index (χ1v) is 2.95. The van der Waals surface area contributed by atoms with E-state index in [0.717, 1.165) is 0 Å². The Morgan fingerprint density at radius 2 is 2.12 bits per heavy atom. The van der Waals surface area contributed by atoms with Gasteiger partial charge in [-0.1, -0.05) is 19.9 Å². The minimum atomic E-state index is 0.223. The van der Waals surface area contributed by atoms with Crippen LogP contribution in [0, 0.1) is 11.8 Å². The monoisotopic (exact) mass is 114 g/mol. The van der Waals surface area contributed by atoms with Crippen molar-refractivity contribution in [3.8, 4) is 0 Å². The van der Waals surface area contributed by atoms with Gasteiger partial charge in [-0.2, -0.15) is 0 Å². The number of aliphatic hydroxyl groups excluding tert-OH is 1. The van der Waals surface area contributed by atoms with E-state index >= 15 is 0 Å². The van der Waals surface area contributed by atoms with E-state index in [0.29, 0.717) is 5.92 Å². The van der Waals surface area contributed by atoms with Crippen molar-refractivity contribution in [3.05, 3.63) is 12.7 Å². The van der Waals surface area contributed by atoms with Gasteiger partial charge in [0, 0.05) is 12.5 Å². The summed E-state index contributed by atoms with van der Waals surface area (Å²) in [4.78, 5) is 0. The minimum absolute atomic E-state index is 0.223. The molecular formula is C7H14O. The van der Waals surface area contributed by atoms with Crippen LogP contribution in [-0.4, -0.2) is 11.7 Å². The van der Waals surface area contributed by atoms with Crippen LogP contribution in [0.5, 0.6) is 0 Å². The highest BCUT2D eigenvalue weighted by molar-refractivity contribution is 4.80. The van der Waals surface area contributed by atoms with E-state index in [4.69, 9.17) is 5.11 Å². The quantitative estimate of drug-likeness (QED) is 0.550. The number of hydrogen-bond acceptors (Lipinski definition) is 1. The molecule has 8 heavy (non-hydrogen) atoms. The first-order valence-electron chi connectivity index (χ1n) is 2.95. The van der Waals surface area contributed by atoms with Gasteiger partial charge in [-0.3, -0.25) is 0 Å². The zero-order valence-corrected chi connectivity index (χ0v) is 5.59. The molecule has 0 saturated heterocycles. The van der Waals surface area contributed by atoms with Crippen molar-refractivity contribution in [2.75, 3.05) is 6.61 Å². The largest absolute Gasteiger partial charge is 0.396 e. The molecular weight excluding hydrogens is 100 g/mol. The summed E-state index contributed by atoms with van der Waals surface area (Å²) in [5.41, 5.74) is 0. The van der Waals surface area contributed by atoms with Crippen LogP contribution in [-0.2, 0) is 0 Å². The van der Waals surface area contributed by atoms with Gasteiger partial charge in [0.05, 0.1) is 0 Å². The molecule has 0 aromatic heterocycles. The maximum Gasteiger partial charge on any atom is 0.0496 e. The molecule has 0 rings (SSSR count). The lowest BCUT2D eigenvalue weighted by atomic mass is 9.97. The van der Waals surface area contributed by atoms with Crippen LogP contribution in [0.3, 0.4) is 0 Å². The molecule has 0 unspecified atom stereocenters. The van der Waals surface area contributed by atoms with Crippen molar-refractivity contribution < 1.29 is 5.11 Å². The van der Waals surface area contributed by atoms with Crippen LogP contribution in [0.25, 0.3) is 0 Å². The number of aliphatic hydroxyl groups is 1. The van der Waals surface area contributed by atoms with Gasteiger partial charge in [0.1, 0.15) is 0 Å². The third-order valence-electron chi connectivity index (χ3n) is 1.37. The Hall–Kier alpha value is -0.300. The molecule has 0 bridgehead atoms. The van der Waals surface area contributed by atoms with Crippen molar-refractivity contribution in [2.24, 2.45) is 11.8 Å². The van der Waals surface area contributed by atoms with E-state index < -0.39 is 0 Å². The molecule has 0 amide bonds. The fourth-order valence-electron chi connectivity index (χ4n) is 0.558. The number of hydrogen-bond donors (Lipinski definition) is 1. The summed E-state index contributed by atoms with van der Waals surface area (Å²) >= 11 is 0. The van der Waals surface area contributed by atoms with Crippen LogP contribution in [0.15, 0.2) is 12.7 Å². The second kappa shape index (κ2) is 3.67. The molecule has 0 aromatic rings. The number of rotatable bonds is 3. The Kier molecular flexibility index (Phi) is 3.53. The summed E-state index contributed by atoms with van der Waals surface area (Å²) < 4.78 is 0. The molecule has 1 atom stereocenters. The van der Waals surface area contributed by atoms with Crippen molar-refractivity contribution in [1.29, 1.82) is 0 Å². The molecule has 1 heteroatoms. The second-order valence-corrected chi connectivity index (χ2v) is 2.33. The Morgan fingerprint density at radius 1 is 1.62 bits per heavy atom.